The third-order valence-corrected chi connectivity index (χ3v) is 3.35. The molecule has 1 unspecified atom stereocenters. The molecule has 1 amide bonds. The SMILES string of the molecule is COc1ccc(CC(=O)N(CC(C)C(=O)O)C(C)C)cc1. The highest BCUT2D eigenvalue weighted by Crippen LogP contribution is 2.14. The van der Waals surface area contributed by atoms with Gasteiger partial charge in [0.15, 0.2) is 0 Å². The Morgan fingerprint density at radius 1 is 1.19 bits per heavy atom. The van der Waals surface area contributed by atoms with Gasteiger partial charge < -0.3 is 14.7 Å². The van der Waals surface area contributed by atoms with Crippen molar-refractivity contribution in [3.8, 4) is 5.75 Å². The number of hydrogen-bond donors (Lipinski definition) is 1. The molecule has 21 heavy (non-hydrogen) atoms. The van der Waals surface area contributed by atoms with Gasteiger partial charge in [0, 0.05) is 12.6 Å². The van der Waals surface area contributed by atoms with Crippen LogP contribution in [0.25, 0.3) is 0 Å². The monoisotopic (exact) mass is 293 g/mol. The van der Waals surface area contributed by atoms with Crippen molar-refractivity contribution in [2.24, 2.45) is 5.92 Å². The Labute approximate surface area is 125 Å². The Bertz CT molecular complexity index is 482. The number of benzene rings is 1. The normalized spacial score (nSPS) is 12.0. The summed E-state index contributed by atoms with van der Waals surface area (Å²) in [6.07, 6.45) is 0.258. The number of carbonyl (C=O) groups is 2. The minimum atomic E-state index is -0.891. The van der Waals surface area contributed by atoms with Crippen LogP contribution in [-0.4, -0.2) is 41.6 Å². The first-order valence-electron chi connectivity index (χ1n) is 7.00. The largest absolute Gasteiger partial charge is 0.497 e. The van der Waals surface area contributed by atoms with Crippen molar-refractivity contribution in [1.82, 2.24) is 4.90 Å². The molecule has 1 atom stereocenters. The molecule has 1 aromatic rings. The number of hydrogen-bond acceptors (Lipinski definition) is 3. The van der Waals surface area contributed by atoms with E-state index in [4.69, 9.17) is 9.84 Å². The van der Waals surface area contributed by atoms with Crippen molar-refractivity contribution in [3.05, 3.63) is 29.8 Å². The maximum Gasteiger partial charge on any atom is 0.308 e. The molecule has 0 aliphatic rings. The predicted molar refractivity (Wildman–Crippen MR) is 80.3 cm³/mol. The van der Waals surface area contributed by atoms with Crippen molar-refractivity contribution in [1.29, 1.82) is 0 Å². The van der Waals surface area contributed by atoms with Gasteiger partial charge in [-0.2, -0.15) is 0 Å². The lowest BCUT2D eigenvalue weighted by Crippen LogP contribution is -2.42. The molecule has 1 rings (SSSR count). The molecular weight excluding hydrogens is 270 g/mol. The summed E-state index contributed by atoms with van der Waals surface area (Å²) in [5, 5.41) is 8.99. The summed E-state index contributed by atoms with van der Waals surface area (Å²) >= 11 is 0. The van der Waals surface area contributed by atoms with Crippen LogP contribution in [0.2, 0.25) is 0 Å². The van der Waals surface area contributed by atoms with E-state index in [0.29, 0.717) is 0 Å². The fraction of sp³-hybridized carbons (Fsp3) is 0.500. The van der Waals surface area contributed by atoms with Crippen molar-refractivity contribution < 1.29 is 19.4 Å². The van der Waals surface area contributed by atoms with Crippen molar-refractivity contribution in [2.45, 2.75) is 33.2 Å². The molecule has 0 saturated carbocycles. The number of methoxy groups -OCH3 is 1. The highest BCUT2D eigenvalue weighted by Gasteiger charge is 2.22. The highest BCUT2D eigenvalue weighted by atomic mass is 16.5. The second-order valence-electron chi connectivity index (χ2n) is 5.40. The van der Waals surface area contributed by atoms with Crippen LogP contribution in [0.3, 0.4) is 0 Å². The zero-order chi connectivity index (χ0) is 16.0. The number of carbonyl (C=O) groups excluding carboxylic acids is 1. The second-order valence-corrected chi connectivity index (χ2v) is 5.40. The average molecular weight is 293 g/mol. The summed E-state index contributed by atoms with van der Waals surface area (Å²) in [4.78, 5) is 24.9. The number of amides is 1. The van der Waals surface area contributed by atoms with Gasteiger partial charge in [-0.25, -0.2) is 0 Å². The molecule has 0 aliphatic carbocycles. The molecule has 0 aromatic heterocycles. The average Bonchev–Trinajstić information content (AvgIpc) is 2.44. The van der Waals surface area contributed by atoms with Gasteiger partial charge in [0.25, 0.3) is 0 Å². The topological polar surface area (TPSA) is 66.8 Å². The van der Waals surface area contributed by atoms with Gasteiger partial charge in [-0.05, 0) is 31.5 Å². The molecule has 0 heterocycles. The van der Waals surface area contributed by atoms with Gasteiger partial charge >= 0.3 is 5.97 Å². The lowest BCUT2D eigenvalue weighted by Gasteiger charge is -2.28. The molecule has 116 valence electrons. The van der Waals surface area contributed by atoms with Crippen molar-refractivity contribution in [3.63, 3.8) is 0 Å². The van der Waals surface area contributed by atoms with E-state index in [-0.39, 0.29) is 24.9 Å². The molecule has 5 heteroatoms. The smallest absolute Gasteiger partial charge is 0.308 e. The standard InChI is InChI=1S/C16H23NO4/c1-11(2)17(10-12(3)16(19)20)15(18)9-13-5-7-14(21-4)8-6-13/h5-8,11-12H,9-10H2,1-4H3,(H,19,20). The Kier molecular flexibility index (Phi) is 6.21. The first kappa shape index (κ1) is 17.0. The minimum Gasteiger partial charge on any atom is -0.497 e. The first-order chi connectivity index (χ1) is 9.85. The Hall–Kier alpha value is -2.04. The Balaban J connectivity index is 2.74. The zero-order valence-corrected chi connectivity index (χ0v) is 13.0. The van der Waals surface area contributed by atoms with Gasteiger partial charge in [0.2, 0.25) is 5.91 Å². The Morgan fingerprint density at radius 2 is 1.76 bits per heavy atom. The number of ether oxygens (including phenoxy) is 1. The van der Waals surface area contributed by atoms with Crippen molar-refractivity contribution >= 4 is 11.9 Å². The molecule has 0 radical (unpaired) electrons. The molecule has 0 bridgehead atoms. The van der Waals surface area contributed by atoms with E-state index < -0.39 is 11.9 Å². The number of aliphatic carboxylic acids is 1. The van der Waals surface area contributed by atoms with Crippen LogP contribution in [0, 0.1) is 5.92 Å². The first-order valence-corrected chi connectivity index (χ1v) is 7.00. The lowest BCUT2D eigenvalue weighted by atomic mass is 10.1. The highest BCUT2D eigenvalue weighted by molar-refractivity contribution is 5.80. The second kappa shape index (κ2) is 7.67. The molecule has 5 nitrogen and oxygen atoms in total. The molecule has 0 spiro atoms. The van der Waals surface area contributed by atoms with Gasteiger partial charge in [0.05, 0.1) is 19.4 Å². The van der Waals surface area contributed by atoms with E-state index >= 15 is 0 Å². The van der Waals surface area contributed by atoms with Crippen LogP contribution in [0.1, 0.15) is 26.3 Å². The third kappa shape index (κ3) is 5.10. The maximum absolute atomic E-state index is 12.4. The van der Waals surface area contributed by atoms with Crippen LogP contribution >= 0.6 is 0 Å². The lowest BCUT2D eigenvalue weighted by molar-refractivity contribution is -0.143. The van der Waals surface area contributed by atoms with E-state index in [1.807, 2.05) is 38.1 Å². The summed E-state index contributed by atoms with van der Waals surface area (Å²) in [5.74, 6) is -0.792. The van der Waals surface area contributed by atoms with Crippen LogP contribution < -0.4 is 4.74 Å². The minimum absolute atomic E-state index is 0.0300. The van der Waals surface area contributed by atoms with Gasteiger partial charge in [0.1, 0.15) is 5.75 Å². The quantitative estimate of drug-likeness (QED) is 0.837. The molecule has 1 aromatic carbocycles. The molecule has 1 N–H and O–H groups in total. The number of nitrogens with zero attached hydrogens (tertiary/aromatic N) is 1. The van der Waals surface area contributed by atoms with E-state index in [0.717, 1.165) is 11.3 Å². The van der Waals surface area contributed by atoms with Crippen LogP contribution in [0.4, 0.5) is 0 Å². The number of carboxylic acid groups (broad SMARTS) is 1. The summed E-state index contributed by atoms with van der Waals surface area (Å²) in [5.41, 5.74) is 0.884. The third-order valence-electron chi connectivity index (χ3n) is 3.35. The summed E-state index contributed by atoms with van der Waals surface area (Å²) in [6, 6.07) is 7.27. The molecule has 0 saturated heterocycles. The summed E-state index contributed by atoms with van der Waals surface area (Å²) in [6.45, 7) is 5.61. The van der Waals surface area contributed by atoms with E-state index in [9.17, 15) is 9.59 Å². The molecule has 0 fully saturated rings. The summed E-state index contributed by atoms with van der Waals surface area (Å²) < 4.78 is 5.08. The van der Waals surface area contributed by atoms with Crippen LogP contribution in [0.5, 0.6) is 5.75 Å². The number of carboxylic acids is 1. The van der Waals surface area contributed by atoms with Crippen LogP contribution in [0.15, 0.2) is 24.3 Å². The van der Waals surface area contributed by atoms with E-state index in [1.54, 1.807) is 18.9 Å². The van der Waals surface area contributed by atoms with Gasteiger partial charge in [-0.1, -0.05) is 19.1 Å². The van der Waals surface area contributed by atoms with Crippen LogP contribution in [-0.2, 0) is 16.0 Å². The number of rotatable bonds is 7. The molecular formula is C16H23NO4. The maximum atomic E-state index is 12.4. The fourth-order valence-corrected chi connectivity index (χ4v) is 1.99. The molecule has 0 aliphatic heterocycles. The van der Waals surface area contributed by atoms with E-state index in [1.165, 1.54) is 0 Å². The fourth-order valence-electron chi connectivity index (χ4n) is 1.99. The van der Waals surface area contributed by atoms with Gasteiger partial charge in [-0.15, -0.1) is 0 Å². The predicted octanol–water partition coefficient (Wildman–Crippen LogP) is 2.20. The van der Waals surface area contributed by atoms with Crippen molar-refractivity contribution in [2.75, 3.05) is 13.7 Å². The Morgan fingerprint density at radius 3 is 2.19 bits per heavy atom. The zero-order valence-electron chi connectivity index (χ0n) is 13.0. The summed E-state index contributed by atoms with van der Waals surface area (Å²) in [7, 11) is 1.59. The van der Waals surface area contributed by atoms with E-state index in [2.05, 4.69) is 0 Å². The van der Waals surface area contributed by atoms with Gasteiger partial charge in [-0.3, -0.25) is 9.59 Å².